The Labute approximate surface area is 103 Å². The standard InChI is InChI=1S/C13H21N3O/c1-5-12(17)15-7-6-11-10(9-15)8-14-16(11)13(2,3)4/h8H,5-7,9H2,1-4H3. The number of rotatable bonds is 1. The Morgan fingerprint density at radius 3 is 2.76 bits per heavy atom. The van der Waals surface area contributed by atoms with Gasteiger partial charge in [0, 0.05) is 37.2 Å². The smallest absolute Gasteiger partial charge is 0.222 e. The van der Waals surface area contributed by atoms with Crippen molar-refractivity contribution in [2.24, 2.45) is 0 Å². The molecular formula is C13H21N3O. The quantitative estimate of drug-likeness (QED) is 0.746. The largest absolute Gasteiger partial charge is 0.338 e. The molecule has 0 fully saturated rings. The zero-order valence-electron chi connectivity index (χ0n) is 11.2. The summed E-state index contributed by atoms with van der Waals surface area (Å²) in [6.07, 6.45) is 3.41. The molecule has 2 rings (SSSR count). The summed E-state index contributed by atoms with van der Waals surface area (Å²) in [5, 5.41) is 4.47. The van der Waals surface area contributed by atoms with Crippen LogP contribution in [0.25, 0.3) is 0 Å². The lowest BCUT2D eigenvalue weighted by molar-refractivity contribution is -0.131. The van der Waals surface area contributed by atoms with E-state index in [9.17, 15) is 4.79 Å². The van der Waals surface area contributed by atoms with Gasteiger partial charge in [-0.25, -0.2) is 0 Å². The molecule has 1 aliphatic rings. The second-order valence-corrected chi connectivity index (χ2v) is 5.62. The molecule has 0 unspecified atom stereocenters. The minimum Gasteiger partial charge on any atom is -0.338 e. The predicted molar refractivity (Wildman–Crippen MR) is 66.6 cm³/mol. The number of hydrogen-bond acceptors (Lipinski definition) is 2. The molecule has 0 saturated carbocycles. The average molecular weight is 235 g/mol. The van der Waals surface area contributed by atoms with Crippen molar-refractivity contribution in [2.75, 3.05) is 6.54 Å². The van der Waals surface area contributed by atoms with Crippen molar-refractivity contribution >= 4 is 5.91 Å². The molecule has 94 valence electrons. The Morgan fingerprint density at radius 1 is 1.47 bits per heavy atom. The molecule has 0 N–H and O–H groups in total. The van der Waals surface area contributed by atoms with Crippen molar-refractivity contribution < 1.29 is 4.79 Å². The summed E-state index contributed by atoms with van der Waals surface area (Å²) in [4.78, 5) is 13.6. The van der Waals surface area contributed by atoms with Gasteiger partial charge in [0.15, 0.2) is 0 Å². The Bertz CT molecular complexity index is 428. The first-order valence-corrected chi connectivity index (χ1v) is 6.27. The Morgan fingerprint density at radius 2 is 2.18 bits per heavy atom. The first-order chi connectivity index (χ1) is 7.93. The predicted octanol–water partition coefficient (Wildman–Crippen LogP) is 1.93. The number of aromatic nitrogens is 2. The maximum absolute atomic E-state index is 11.7. The molecule has 0 saturated heterocycles. The second kappa shape index (κ2) is 4.17. The van der Waals surface area contributed by atoms with Crippen molar-refractivity contribution in [2.45, 2.75) is 52.6 Å². The summed E-state index contributed by atoms with van der Waals surface area (Å²) in [7, 11) is 0. The first-order valence-electron chi connectivity index (χ1n) is 6.27. The molecule has 1 aromatic rings. The van der Waals surface area contributed by atoms with Crippen LogP contribution in [-0.4, -0.2) is 27.1 Å². The van der Waals surface area contributed by atoms with Gasteiger partial charge in [-0.1, -0.05) is 6.92 Å². The van der Waals surface area contributed by atoms with E-state index in [1.54, 1.807) is 0 Å². The van der Waals surface area contributed by atoms with Gasteiger partial charge < -0.3 is 4.90 Å². The van der Waals surface area contributed by atoms with Crippen molar-refractivity contribution in [3.8, 4) is 0 Å². The Hall–Kier alpha value is -1.32. The van der Waals surface area contributed by atoms with Crippen LogP contribution in [0.3, 0.4) is 0 Å². The summed E-state index contributed by atoms with van der Waals surface area (Å²) >= 11 is 0. The lowest BCUT2D eigenvalue weighted by Gasteiger charge is -2.30. The number of hydrogen-bond donors (Lipinski definition) is 0. The molecule has 2 heterocycles. The van der Waals surface area contributed by atoms with E-state index in [0.717, 1.165) is 19.5 Å². The zero-order valence-corrected chi connectivity index (χ0v) is 11.2. The molecule has 1 aromatic heterocycles. The topological polar surface area (TPSA) is 38.1 Å². The summed E-state index contributed by atoms with van der Waals surface area (Å²) in [6, 6.07) is 0. The van der Waals surface area contributed by atoms with Crippen molar-refractivity contribution in [3.63, 3.8) is 0 Å². The van der Waals surface area contributed by atoms with Crippen LogP contribution in [0.15, 0.2) is 6.20 Å². The van der Waals surface area contributed by atoms with Crippen LogP contribution < -0.4 is 0 Å². The van der Waals surface area contributed by atoms with Crippen LogP contribution >= 0.6 is 0 Å². The molecule has 0 radical (unpaired) electrons. The SMILES string of the molecule is CCC(=O)N1CCc2c(cnn2C(C)(C)C)C1. The van der Waals surface area contributed by atoms with Crippen molar-refractivity contribution in [1.29, 1.82) is 0 Å². The van der Waals surface area contributed by atoms with Crippen molar-refractivity contribution in [3.05, 3.63) is 17.5 Å². The summed E-state index contributed by atoms with van der Waals surface area (Å²) in [5.41, 5.74) is 2.51. The summed E-state index contributed by atoms with van der Waals surface area (Å²) < 4.78 is 2.09. The molecule has 0 spiro atoms. The van der Waals surface area contributed by atoms with Crippen LogP contribution in [-0.2, 0) is 23.3 Å². The average Bonchev–Trinajstić information content (AvgIpc) is 2.70. The molecule has 0 aliphatic carbocycles. The summed E-state index contributed by atoms with van der Waals surface area (Å²) in [5.74, 6) is 0.235. The van der Waals surface area contributed by atoms with Crippen LogP contribution in [0, 0.1) is 0 Å². The monoisotopic (exact) mass is 235 g/mol. The third kappa shape index (κ3) is 2.21. The highest BCUT2D eigenvalue weighted by Gasteiger charge is 2.26. The fraction of sp³-hybridized carbons (Fsp3) is 0.692. The van der Waals surface area contributed by atoms with Gasteiger partial charge in [0.2, 0.25) is 5.91 Å². The van der Waals surface area contributed by atoms with Gasteiger partial charge >= 0.3 is 0 Å². The normalized spacial score (nSPS) is 15.9. The second-order valence-electron chi connectivity index (χ2n) is 5.62. The zero-order chi connectivity index (χ0) is 12.6. The van der Waals surface area contributed by atoms with E-state index in [4.69, 9.17) is 0 Å². The number of nitrogens with zero attached hydrogens (tertiary/aromatic N) is 3. The van der Waals surface area contributed by atoms with Gasteiger partial charge in [0.1, 0.15) is 0 Å². The lowest BCUT2D eigenvalue weighted by Crippen LogP contribution is -2.37. The van der Waals surface area contributed by atoms with Gasteiger partial charge in [-0.3, -0.25) is 9.48 Å². The third-order valence-corrected chi connectivity index (χ3v) is 3.23. The van der Waals surface area contributed by atoms with Gasteiger partial charge in [0.05, 0.1) is 11.7 Å². The van der Waals surface area contributed by atoms with Gasteiger partial charge in [-0.2, -0.15) is 5.10 Å². The molecule has 17 heavy (non-hydrogen) atoms. The molecule has 4 heteroatoms. The molecule has 0 atom stereocenters. The minimum atomic E-state index is 0.0184. The summed E-state index contributed by atoms with van der Waals surface area (Å²) in [6.45, 7) is 9.92. The van der Waals surface area contributed by atoms with E-state index in [1.165, 1.54) is 11.3 Å². The van der Waals surface area contributed by atoms with E-state index in [2.05, 4.69) is 30.6 Å². The lowest BCUT2D eigenvalue weighted by atomic mass is 10.0. The molecule has 4 nitrogen and oxygen atoms in total. The number of fused-ring (bicyclic) bond motifs is 1. The van der Waals surface area contributed by atoms with Crippen LogP contribution in [0.2, 0.25) is 0 Å². The van der Waals surface area contributed by atoms with Gasteiger partial charge in [-0.05, 0) is 20.8 Å². The maximum Gasteiger partial charge on any atom is 0.222 e. The van der Waals surface area contributed by atoms with E-state index in [0.29, 0.717) is 6.42 Å². The molecule has 1 amide bonds. The van der Waals surface area contributed by atoms with Crippen LogP contribution in [0.1, 0.15) is 45.4 Å². The molecule has 0 bridgehead atoms. The number of amides is 1. The Kier molecular flexibility index (Phi) is 2.98. The van der Waals surface area contributed by atoms with Crippen LogP contribution in [0.4, 0.5) is 0 Å². The Balaban J connectivity index is 2.25. The molecule has 1 aliphatic heterocycles. The van der Waals surface area contributed by atoms with Crippen molar-refractivity contribution in [1.82, 2.24) is 14.7 Å². The number of carbonyl (C=O) groups is 1. The highest BCUT2D eigenvalue weighted by atomic mass is 16.2. The van der Waals surface area contributed by atoms with E-state index >= 15 is 0 Å². The highest BCUT2D eigenvalue weighted by Crippen LogP contribution is 2.24. The maximum atomic E-state index is 11.7. The van der Waals surface area contributed by atoms with Gasteiger partial charge in [0.25, 0.3) is 0 Å². The molecular weight excluding hydrogens is 214 g/mol. The molecule has 0 aromatic carbocycles. The van der Waals surface area contributed by atoms with Crippen LogP contribution in [0.5, 0.6) is 0 Å². The first kappa shape index (κ1) is 12.1. The fourth-order valence-corrected chi connectivity index (χ4v) is 2.35. The third-order valence-electron chi connectivity index (χ3n) is 3.23. The highest BCUT2D eigenvalue weighted by molar-refractivity contribution is 5.76. The van der Waals surface area contributed by atoms with Gasteiger partial charge in [-0.15, -0.1) is 0 Å². The van der Waals surface area contributed by atoms with E-state index in [-0.39, 0.29) is 11.4 Å². The van der Waals surface area contributed by atoms with E-state index in [1.807, 2.05) is 18.0 Å². The van der Waals surface area contributed by atoms with E-state index < -0.39 is 0 Å². The minimum absolute atomic E-state index is 0.0184. The fourth-order valence-electron chi connectivity index (χ4n) is 2.35. The number of carbonyl (C=O) groups excluding carboxylic acids is 1.